The number of rotatable bonds is 1. The van der Waals surface area contributed by atoms with Gasteiger partial charge in [0.25, 0.3) is 0 Å². The first kappa shape index (κ1) is 10.2. The van der Waals surface area contributed by atoms with Crippen molar-refractivity contribution in [3.8, 4) is 0 Å². The van der Waals surface area contributed by atoms with Crippen molar-refractivity contribution < 1.29 is 0 Å². The molecule has 0 bridgehead atoms. The minimum Gasteiger partial charge on any atom is -0.397 e. The van der Waals surface area contributed by atoms with Crippen molar-refractivity contribution >= 4 is 17.1 Å². The van der Waals surface area contributed by atoms with Gasteiger partial charge in [-0.15, -0.1) is 0 Å². The fraction of sp³-hybridized carbons (Fsp3) is 0.200. The Kier molecular flexibility index (Phi) is 2.48. The molecule has 0 saturated carbocycles. The van der Waals surface area contributed by atoms with Crippen molar-refractivity contribution in [2.45, 2.75) is 12.8 Å². The summed E-state index contributed by atoms with van der Waals surface area (Å²) in [6.07, 6.45) is 2.35. The normalized spacial score (nSPS) is 14.5. The molecule has 0 aromatic heterocycles. The van der Waals surface area contributed by atoms with Gasteiger partial charge in [-0.25, -0.2) is 0 Å². The van der Waals surface area contributed by atoms with Crippen LogP contribution in [-0.4, -0.2) is 6.54 Å². The molecule has 0 spiro atoms. The molecular weight excluding hydrogens is 208 g/mol. The number of anilines is 3. The Balaban J connectivity index is 2.09. The third kappa shape index (κ3) is 1.76. The van der Waals surface area contributed by atoms with E-state index < -0.39 is 0 Å². The molecule has 0 fully saturated rings. The second-order valence-electron chi connectivity index (χ2n) is 4.44. The fourth-order valence-corrected chi connectivity index (χ4v) is 2.52. The van der Waals surface area contributed by atoms with E-state index in [4.69, 9.17) is 5.73 Å². The number of nitrogens with two attached hydrogens (primary N) is 1. The summed E-state index contributed by atoms with van der Waals surface area (Å²) in [7, 11) is 0. The van der Waals surface area contributed by atoms with Gasteiger partial charge in [-0.1, -0.05) is 30.3 Å². The summed E-state index contributed by atoms with van der Waals surface area (Å²) in [5, 5.41) is 0. The highest BCUT2D eigenvalue weighted by Crippen LogP contribution is 2.35. The molecule has 0 unspecified atom stereocenters. The van der Waals surface area contributed by atoms with Gasteiger partial charge in [0.1, 0.15) is 0 Å². The zero-order chi connectivity index (χ0) is 11.7. The maximum absolute atomic E-state index is 6.07. The highest BCUT2D eigenvalue weighted by molar-refractivity contribution is 5.76. The molecule has 2 heteroatoms. The third-order valence-corrected chi connectivity index (χ3v) is 3.34. The molecule has 0 atom stereocenters. The van der Waals surface area contributed by atoms with E-state index >= 15 is 0 Å². The number of nitrogen functional groups attached to an aromatic ring is 1. The average Bonchev–Trinajstić information content (AvgIpc) is 2.39. The maximum Gasteiger partial charge on any atom is 0.0644 e. The van der Waals surface area contributed by atoms with E-state index in [9.17, 15) is 0 Å². The van der Waals surface area contributed by atoms with Gasteiger partial charge >= 0.3 is 0 Å². The van der Waals surface area contributed by atoms with Crippen LogP contribution in [0.15, 0.2) is 48.5 Å². The van der Waals surface area contributed by atoms with Gasteiger partial charge in [-0.2, -0.15) is 0 Å². The fourth-order valence-electron chi connectivity index (χ4n) is 2.52. The minimum absolute atomic E-state index is 0.851. The first-order valence-electron chi connectivity index (χ1n) is 6.06. The summed E-state index contributed by atoms with van der Waals surface area (Å²) >= 11 is 0. The molecule has 1 heterocycles. The SMILES string of the molecule is Nc1ccccc1N1CCCc2ccccc21. The molecule has 86 valence electrons. The summed E-state index contributed by atoms with van der Waals surface area (Å²) in [6, 6.07) is 16.7. The molecule has 0 saturated heterocycles. The summed E-state index contributed by atoms with van der Waals surface area (Å²) in [6.45, 7) is 1.05. The van der Waals surface area contributed by atoms with Crippen molar-refractivity contribution in [1.29, 1.82) is 0 Å². The van der Waals surface area contributed by atoms with Crippen LogP contribution < -0.4 is 10.6 Å². The number of para-hydroxylation sites is 3. The second-order valence-corrected chi connectivity index (χ2v) is 4.44. The van der Waals surface area contributed by atoms with Crippen LogP contribution in [0.1, 0.15) is 12.0 Å². The van der Waals surface area contributed by atoms with Gasteiger partial charge in [0.15, 0.2) is 0 Å². The predicted molar refractivity (Wildman–Crippen MR) is 72.6 cm³/mol. The smallest absolute Gasteiger partial charge is 0.0644 e. The second kappa shape index (κ2) is 4.13. The molecule has 0 amide bonds. The summed E-state index contributed by atoms with van der Waals surface area (Å²) < 4.78 is 0. The Morgan fingerprint density at radius 2 is 1.59 bits per heavy atom. The van der Waals surface area contributed by atoms with Crippen molar-refractivity contribution in [2.24, 2.45) is 0 Å². The Labute approximate surface area is 102 Å². The lowest BCUT2D eigenvalue weighted by Gasteiger charge is -2.32. The number of hydrogen-bond donors (Lipinski definition) is 1. The Morgan fingerprint density at radius 3 is 2.41 bits per heavy atom. The lowest BCUT2D eigenvalue weighted by Crippen LogP contribution is -2.25. The van der Waals surface area contributed by atoms with Crippen molar-refractivity contribution in [1.82, 2.24) is 0 Å². The van der Waals surface area contributed by atoms with Crippen LogP contribution >= 0.6 is 0 Å². The average molecular weight is 224 g/mol. The molecule has 2 aromatic rings. The van der Waals surface area contributed by atoms with Gasteiger partial charge in [0.2, 0.25) is 0 Å². The Hall–Kier alpha value is -1.96. The number of benzene rings is 2. The summed E-state index contributed by atoms with van der Waals surface area (Å²) in [5.41, 5.74) is 10.8. The first-order chi connectivity index (χ1) is 8.36. The molecule has 2 aromatic carbocycles. The van der Waals surface area contributed by atoms with Gasteiger partial charge in [0.05, 0.1) is 11.4 Å². The van der Waals surface area contributed by atoms with E-state index in [1.807, 2.05) is 18.2 Å². The van der Waals surface area contributed by atoms with Crippen LogP contribution in [0.25, 0.3) is 0 Å². The number of fused-ring (bicyclic) bond motifs is 1. The van der Waals surface area contributed by atoms with E-state index in [-0.39, 0.29) is 0 Å². The molecule has 2 N–H and O–H groups in total. The largest absolute Gasteiger partial charge is 0.397 e. The van der Waals surface area contributed by atoms with Crippen LogP contribution in [0.5, 0.6) is 0 Å². The number of aryl methyl sites for hydroxylation is 1. The standard InChI is InChI=1S/C15H16N2/c16-13-8-2-4-10-15(13)17-11-5-7-12-6-1-3-9-14(12)17/h1-4,6,8-10H,5,7,11,16H2. The Morgan fingerprint density at radius 1 is 0.882 bits per heavy atom. The van der Waals surface area contributed by atoms with E-state index in [1.54, 1.807) is 0 Å². The van der Waals surface area contributed by atoms with Crippen LogP contribution in [0.3, 0.4) is 0 Å². The summed E-state index contributed by atoms with van der Waals surface area (Å²) in [5.74, 6) is 0. The van der Waals surface area contributed by atoms with E-state index in [0.29, 0.717) is 0 Å². The predicted octanol–water partition coefficient (Wildman–Crippen LogP) is 3.35. The van der Waals surface area contributed by atoms with Gasteiger partial charge in [-0.3, -0.25) is 0 Å². The number of nitrogens with zero attached hydrogens (tertiary/aromatic N) is 1. The zero-order valence-electron chi connectivity index (χ0n) is 9.76. The molecule has 1 aliphatic rings. The highest BCUT2D eigenvalue weighted by atomic mass is 15.1. The van der Waals surface area contributed by atoms with Gasteiger partial charge in [-0.05, 0) is 36.6 Å². The first-order valence-corrected chi connectivity index (χ1v) is 6.06. The lowest BCUT2D eigenvalue weighted by atomic mass is 10.0. The van der Waals surface area contributed by atoms with Crippen LogP contribution in [0.2, 0.25) is 0 Å². The molecule has 0 aliphatic carbocycles. The van der Waals surface area contributed by atoms with E-state index in [1.165, 1.54) is 24.1 Å². The Bertz CT molecular complexity index is 534. The van der Waals surface area contributed by atoms with Crippen LogP contribution in [-0.2, 0) is 6.42 Å². The molecular formula is C15H16N2. The van der Waals surface area contributed by atoms with E-state index in [0.717, 1.165) is 17.9 Å². The molecule has 1 aliphatic heterocycles. The van der Waals surface area contributed by atoms with Crippen LogP contribution in [0.4, 0.5) is 17.1 Å². The quantitative estimate of drug-likeness (QED) is 0.753. The molecule has 17 heavy (non-hydrogen) atoms. The van der Waals surface area contributed by atoms with E-state index in [2.05, 4.69) is 35.2 Å². The topological polar surface area (TPSA) is 29.3 Å². The minimum atomic E-state index is 0.851. The van der Waals surface area contributed by atoms with Crippen LogP contribution in [0, 0.1) is 0 Å². The van der Waals surface area contributed by atoms with Crippen molar-refractivity contribution in [2.75, 3.05) is 17.2 Å². The third-order valence-electron chi connectivity index (χ3n) is 3.34. The molecule has 0 radical (unpaired) electrons. The molecule has 3 rings (SSSR count). The maximum atomic E-state index is 6.07. The lowest BCUT2D eigenvalue weighted by molar-refractivity contribution is 0.767. The number of hydrogen-bond acceptors (Lipinski definition) is 2. The van der Waals surface area contributed by atoms with Crippen molar-refractivity contribution in [3.63, 3.8) is 0 Å². The highest BCUT2D eigenvalue weighted by Gasteiger charge is 2.18. The zero-order valence-corrected chi connectivity index (χ0v) is 9.76. The van der Waals surface area contributed by atoms with Gasteiger partial charge < -0.3 is 10.6 Å². The summed E-state index contributed by atoms with van der Waals surface area (Å²) in [4.78, 5) is 2.33. The monoisotopic (exact) mass is 224 g/mol. The molecule has 2 nitrogen and oxygen atoms in total. The van der Waals surface area contributed by atoms with Crippen molar-refractivity contribution in [3.05, 3.63) is 54.1 Å². The van der Waals surface area contributed by atoms with Gasteiger partial charge in [0, 0.05) is 12.2 Å².